The number of hydrogen-bond donors (Lipinski definition) is 1. The summed E-state index contributed by atoms with van der Waals surface area (Å²) in [6.07, 6.45) is 1.85. The van der Waals surface area contributed by atoms with Gasteiger partial charge in [0.25, 0.3) is 0 Å². The van der Waals surface area contributed by atoms with E-state index in [-0.39, 0.29) is 0 Å². The minimum Gasteiger partial charge on any atom is -0.496 e. The van der Waals surface area contributed by atoms with Crippen LogP contribution in [-0.4, -0.2) is 17.9 Å². The van der Waals surface area contributed by atoms with E-state index in [4.69, 9.17) is 16.3 Å². The van der Waals surface area contributed by atoms with E-state index in [0.29, 0.717) is 6.54 Å². The number of aromatic nitrogens is 1. The van der Waals surface area contributed by atoms with Crippen molar-refractivity contribution in [3.8, 4) is 11.4 Å². The lowest BCUT2D eigenvalue weighted by Crippen LogP contribution is -2.07. The maximum absolute atomic E-state index is 6.30. The fourth-order valence-corrected chi connectivity index (χ4v) is 3.31. The summed E-state index contributed by atoms with van der Waals surface area (Å²) in [7, 11) is 1.67. The maximum Gasteiger partial charge on any atom is 0.123 e. The molecule has 1 heterocycles. The summed E-state index contributed by atoms with van der Waals surface area (Å²) in [5.41, 5.74) is 9.62. The van der Waals surface area contributed by atoms with Crippen LogP contribution in [0.2, 0.25) is 5.02 Å². The van der Waals surface area contributed by atoms with Gasteiger partial charge >= 0.3 is 0 Å². The number of nitrogens with zero attached hydrogens (tertiary/aromatic N) is 2. The summed E-state index contributed by atoms with van der Waals surface area (Å²) in [5.74, 6) is 0.856. The molecule has 3 aromatic rings. The molecule has 0 unspecified atom stereocenters. The molecule has 0 saturated carbocycles. The third-order valence-electron chi connectivity index (χ3n) is 4.64. The van der Waals surface area contributed by atoms with Crippen LogP contribution in [0.25, 0.3) is 5.69 Å². The number of rotatable bonds is 6. The molecule has 2 aromatic carbocycles. The average Bonchev–Trinajstić information content (AvgIpc) is 2.95. The molecule has 1 N–H and O–H groups in total. The summed E-state index contributed by atoms with van der Waals surface area (Å²) in [6, 6.07) is 16.2. The molecular weight excluding hydrogens is 358 g/mol. The van der Waals surface area contributed by atoms with Gasteiger partial charge in [-0.05, 0) is 50.6 Å². The van der Waals surface area contributed by atoms with Gasteiger partial charge in [0, 0.05) is 33.2 Å². The van der Waals surface area contributed by atoms with Crippen LogP contribution in [0, 0.1) is 20.8 Å². The van der Waals surface area contributed by atoms with Crippen LogP contribution < -0.4 is 10.2 Å². The molecule has 0 saturated heterocycles. The second-order valence-electron chi connectivity index (χ2n) is 6.50. The Bertz CT molecular complexity index is 976. The maximum atomic E-state index is 6.30. The Morgan fingerprint density at radius 2 is 1.89 bits per heavy atom. The van der Waals surface area contributed by atoms with Crippen LogP contribution in [0.1, 0.15) is 28.1 Å². The van der Waals surface area contributed by atoms with Crippen molar-refractivity contribution in [3.63, 3.8) is 0 Å². The Balaban J connectivity index is 1.76. The van der Waals surface area contributed by atoms with Gasteiger partial charge in [-0.2, -0.15) is 5.10 Å². The molecule has 0 atom stereocenters. The van der Waals surface area contributed by atoms with Crippen molar-refractivity contribution in [1.82, 2.24) is 9.99 Å². The first-order valence-electron chi connectivity index (χ1n) is 8.84. The fraction of sp³-hybridized carbons (Fsp3) is 0.227. The van der Waals surface area contributed by atoms with Crippen molar-refractivity contribution in [3.05, 3.63) is 81.6 Å². The molecule has 0 bridgehead atoms. The molecule has 0 aliphatic heterocycles. The Morgan fingerprint density at radius 3 is 2.63 bits per heavy atom. The zero-order valence-corrected chi connectivity index (χ0v) is 16.8. The van der Waals surface area contributed by atoms with Crippen molar-refractivity contribution >= 4 is 17.8 Å². The summed E-state index contributed by atoms with van der Waals surface area (Å²) in [5, 5.41) is 5.15. The monoisotopic (exact) mass is 381 g/mol. The van der Waals surface area contributed by atoms with Gasteiger partial charge in [0.05, 0.1) is 19.9 Å². The minimum atomic E-state index is 0.604. The van der Waals surface area contributed by atoms with Crippen molar-refractivity contribution < 1.29 is 4.74 Å². The van der Waals surface area contributed by atoms with Gasteiger partial charge in [0.2, 0.25) is 0 Å². The third kappa shape index (κ3) is 4.17. The van der Waals surface area contributed by atoms with Crippen LogP contribution in [-0.2, 0) is 6.54 Å². The molecule has 0 radical (unpaired) electrons. The molecule has 0 amide bonds. The molecule has 0 aliphatic carbocycles. The van der Waals surface area contributed by atoms with Gasteiger partial charge < -0.3 is 14.7 Å². The predicted octanol–water partition coefficient (Wildman–Crippen LogP) is 5.19. The van der Waals surface area contributed by atoms with E-state index in [1.807, 2.05) is 49.5 Å². The third-order valence-corrected chi connectivity index (χ3v) is 5.05. The fourth-order valence-electron chi connectivity index (χ4n) is 3.13. The van der Waals surface area contributed by atoms with Crippen molar-refractivity contribution in [1.29, 1.82) is 0 Å². The number of benzene rings is 2. The number of halogens is 1. The highest BCUT2D eigenvalue weighted by Crippen LogP contribution is 2.24. The standard InChI is InChI=1S/C22H24ClN3O/c1-15-9-10-20(12-21(15)23)26-16(2)11-19(17(26)3)14-25-24-13-18-7-5-6-8-22(18)27-4/h5-12,14,24H,13H2,1-4H3/b25-14+. The normalized spacial score (nSPS) is 11.1. The van der Waals surface area contributed by atoms with Gasteiger partial charge in [-0.3, -0.25) is 0 Å². The van der Waals surface area contributed by atoms with E-state index in [1.54, 1.807) is 7.11 Å². The number of aryl methyl sites for hydroxylation is 2. The van der Waals surface area contributed by atoms with Crippen molar-refractivity contribution in [2.75, 3.05) is 7.11 Å². The predicted molar refractivity (Wildman–Crippen MR) is 112 cm³/mol. The number of para-hydroxylation sites is 1. The van der Waals surface area contributed by atoms with Crippen molar-refractivity contribution in [2.45, 2.75) is 27.3 Å². The van der Waals surface area contributed by atoms with Crippen LogP contribution >= 0.6 is 11.6 Å². The number of nitrogens with one attached hydrogen (secondary N) is 1. The van der Waals surface area contributed by atoms with Gasteiger partial charge in [0.15, 0.2) is 0 Å². The molecule has 0 spiro atoms. The first-order valence-corrected chi connectivity index (χ1v) is 9.22. The minimum absolute atomic E-state index is 0.604. The van der Waals surface area contributed by atoms with Crippen LogP contribution in [0.3, 0.4) is 0 Å². The second kappa shape index (κ2) is 8.31. The average molecular weight is 382 g/mol. The van der Waals surface area contributed by atoms with Crippen LogP contribution in [0.5, 0.6) is 5.75 Å². The second-order valence-corrected chi connectivity index (χ2v) is 6.91. The molecule has 140 valence electrons. The topological polar surface area (TPSA) is 38.5 Å². The lowest BCUT2D eigenvalue weighted by molar-refractivity contribution is 0.408. The molecule has 3 rings (SSSR count). The molecule has 27 heavy (non-hydrogen) atoms. The number of hydrogen-bond acceptors (Lipinski definition) is 3. The zero-order chi connectivity index (χ0) is 19.4. The van der Waals surface area contributed by atoms with E-state index in [1.165, 1.54) is 0 Å². The van der Waals surface area contributed by atoms with Crippen LogP contribution in [0.4, 0.5) is 0 Å². The Hall–Kier alpha value is -2.72. The molecule has 0 aliphatic rings. The smallest absolute Gasteiger partial charge is 0.123 e. The molecule has 0 fully saturated rings. The van der Waals surface area contributed by atoms with Gasteiger partial charge in [-0.15, -0.1) is 0 Å². The summed E-state index contributed by atoms with van der Waals surface area (Å²) < 4.78 is 7.55. The lowest BCUT2D eigenvalue weighted by Gasteiger charge is -2.11. The van der Waals surface area contributed by atoms with Crippen molar-refractivity contribution in [2.24, 2.45) is 5.10 Å². The summed E-state index contributed by atoms with van der Waals surface area (Å²) >= 11 is 6.30. The Labute approximate surface area is 165 Å². The number of ether oxygens (including phenoxy) is 1. The van der Waals surface area contributed by atoms with E-state index < -0.39 is 0 Å². The lowest BCUT2D eigenvalue weighted by atomic mass is 10.2. The highest BCUT2D eigenvalue weighted by molar-refractivity contribution is 6.31. The van der Waals surface area contributed by atoms with E-state index in [2.05, 4.69) is 41.1 Å². The Kier molecular flexibility index (Phi) is 5.87. The highest BCUT2D eigenvalue weighted by Gasteiger charge is 2.10. The van der Waals surface area contributed by atoms with E-state index in [0.717, 1.165) is 44.5 Å². The highest BCUT2D eigenvalue weighted by atomic mass is 35.5. The molecule has 4 nitrogen and oxygen atoms in total. The summed E-state index contributed by atoms with van der Waals surface area (Å²) in [4.78, 5) is 0. The molecule has 1 aromatic heterocycles. The van der Waals surface area contributed by atoms with Crippen LogP contribution in [0.15, 0.2) is 53.6 Å². The zero-order valence-electron chi connectivity index (χ0n) is 16.1. The quantitative estimate of drug-likeness (QED) is 0.471. The van der Waals surface area contributed by atoms with E-state index >= 15 is 0 Å². The first-order chi connectivity index (χ1) is 13.0. The molecule has 5 heteroatoms. The largest absolute Gasteiger partial charge is 0.496 e. The number of methoxy groups -OCH3 is 1. The van der Waals surface area contributed by atoms with Gasteiger partial charge in [-0.1, -0.05) is 35.9 Å². The first kappa shape index (κ1) is 19.1. The summed E-state index contributed by atoms with van der Waals surface area (Å²) in [6.45, 7) is 6.78. The van der Waals surface area contributed by atoms with Gasteiger partial charge in [-0.25, -0.2) is 0 Å². The van der Waals surface area contributed by atoms with E-state index in [9.17, 15) is 0 Å². The SMILES string of the molecule is COc1ccccc1CN/N=C/c1cc(C)n(-c2ccc(C)c(Cl)c2)c1C. The Morgan fingerprint density at radius 1 is 1.11 bits per heavy atom. The van der Waals surface area contributed by atoms with Gasteiger partial charge in [0.1, 0.15) is 5.75 Å². The number of hydrazone groups is 1. The molecular formula is C22H24ClN3O.